The summed E-state index contributed by atoms with van der Waals surface area (Å²) in [6, 6.07) is 5.32. The zero-order chi connectivity index (χ0) is 9.14. The summed E-state index contributed by atoms with van der Waals surface area (Å²) in [5, 5.41) is 9.16. The largest absolute Gasteiger partial charge is 0.397 e. The highest BCUT2D eigenvalue weighted by molar-refractivity contribution is 6.43. The predicted octanol–water partition coefficient (Wildman–Crippen LogP) is 2.64. The molecule has 62 valence electrons. The van der Waals surface area contributed by atoms with Gasteiger partial charge in [-0.15, -0.1) is 0 Å². The first-order valence-corrected chi connectivity index (χ1v) is 4.01. The molecule has 0 aliphatic carbocycles. The smallest absolute Gasteiger partial charge is 0.0824 e. The Labute approximate surface area is 80.5 Å². The van der Waals surface area contributed by atoms with Crippen molar-refractivity contribution in [2.45, 2.75) is 6.42 Å². The number of anilines is 1. The van der Waals surface area contributed by atoms with Crippen LogP contribution in [0, 0.1) is 11.3 Å². The van der Waals surface area contributed by atoms with Crippen LogP contribution in [0.3, 0.4) is 0 Å². The van der Waals surface area contributed by atoms with E-state index >= 15 is 0 Å². The van der Waals surface area contributed by atoms with Crippen molar-refractivity contribution in [3.8, 4) is 6.07 Å². The van der Waals surface area contributed by atoms with Gasteiger partial charge in [-0.25, -0.2) is 0 Å². The van der Waals surface area contributed by atoms with Crippen LogP contribution in [0.1, 0.15) is 5.56 Å². The first-order valence-electron chi connectivity index (χ1n) is 3.26. The normalized spacial score (nSPS) is 9.42. The fourth-order valence-corrected chi connectivity index (χ4v) is 1.19. The van der Waals surface area contributed by atoms with Gasteiger partial charge in [0.15, 0.2) is 0 Å². The number of benzene rings is 1. The average Bonchev–Trinajstić information content (AvgIpc) is 2.07. The van der Waals surface area contributed by atoms with E-state index in [9.17, 15) is 0 Å². The molecule has 1 rings (SSSR count). The molecule has 0 unspecified atom stereocenters. The second-order valence-electron chi connectivity index (χ2n) is 2.27. The third-order valence-corrected chi connectivity index (χ3v) is 2.31. The Morgan fingerprint density at radius 3 is 2.67 bits per heavy atom. The van der Waals surface area contributed by atoms with Crippen LogP contribution in [0.15, 0.2) is 12.1 Å². The van der Waals surface area contributed by atoms with E-state index in [2.05, 4.69) is 0 Å². The Bertz CT molecular complexity index is 342. The molecule has 0 saturated carbocycles. The summed E-state index contributed by atoms with van der Waals surface area (Å²) in [4.78, 5) is 0. The van der Waals surface area contributed by atoms with Crippen molar-refractivity contribution in [1.82, 2.24) is 0 Å². The monoisotopic (exact) mass is 200 g/mol. The lowest BCUT2D eigenvalue weighted by atomic mass is 10.1. The zero-order valence-electron chi connectivity index (χ0n) is 6.14. The van der Waals surface area contributed by atoms with Gasteiger partial charge in [0.05, 0.1) is 28.2 Å². The Morgan fingerprint density at radius 1 is 1.42 bits per heavy atom. The van der Waals surface area contributed by atoms with E-state index in [1.807, 2.05) is 6.07 Å². The molecule has 1 aromatic rings. The Balaban J connectivity index is 3.19. The second-order valence-corrected chi connectivity index (χ2v) is 3.05. The second kappa shape index (κ2) is 3.66. The van der Waals surface area contributed by atoms with Gasteiger partial charge in [-0.1, -0.05) is 29.3 Å². The van der Waals surface area contributed by atoms with Gasteiger partial charge in [0, 0.05) is 0 Å². The van der Waals surface area contributed by atoms with Crippen molar-refractivity contribution in [3.63, 3.8) is 0 Å². The molecule has 0 radical (unpaired) electrons. The molecule has 2 nitrogen and oxygen atoms in total. The molecule has 0 saturated heterocycles. The first-order chi connectivity index (χ1) is 5.66. The fourth-order valence-electron chi connectivity index (χ4n) is 0.846. The molecule has 0 bridgehead atoms. The maximum atomic E-state index is 8.42. The number of rotatable bonds is 1. The van der Waals surface area contributed by atoms with E-state index in [-0.39, 0.29) is 6.42 Å². The minimum Gasteiger partial charge on any atom is -0.397 e. The maximum Gasteiger partial charge on any atom is 0.0824 e. The Morgan fingerprint density at radius 2 is 2.08 bits per heavy atom. The molecular formula is C8H6Cl2N2. The molecule has 1 aromatic carbocycles. The molecule has 0 aliphatic rings. The van der Waals surface area contributed by atoms with Crippen LogP contribution in [0.4, 0.5) is 5.69 Å². The van der Waals surface area contributed by atoms with Crippen molar-refractivity contribution in [2.75, 3.05) is 5.73 Å². The minimum atomic E-state index is 0.253. The van der Waals surface area contributed by atoms with Gasteiger partial charge >= 0.3 is 0 Å². The van der Waals surface area contributed by atoms with Gasteiger partial charge < -0.3 is 5.73 Å². The van der Waals surface area contributed by atoms with Crippen molar-refractivity contribution in [3.05, 3.63) is 27.7 Å². The summed E-state index contributed by atoms with van der Waals surface area (Å²) in [5.74, 6) is 0. The van der Waals surface area contributed by atoms with E-state index in [0.29, 0.717) is 21.3 Å². The lowest BCUT2D eigenvalue weighted by Crippen LogP contribution is -1.94. The van der Waals surface area contributed by atoms with Crippen LogP contribution in [-0.4, -0.2) is 0 Å². The third-order valence-electron chi connectivity index (χ3n) is 1.49. The number of halogens is 2. The molecular weight excluding hydrogens is 195 g/mol. The number of hydrogen-bond acceptors (Lipinski definition) is 2. The molecule has 0 atom stereocenters. The minimum absolute atomic E-state index is 0.253. The molecule has 2 N–H and O–H groups in total. The number of nitrogens with two attached hydrogens (primary N) is 1. The Hall–Kier alpha value is -0.910. The quantitative estimate of drug-likeness (QED) is 0.710. The molecule has 0 heterocycles. The Kier molecular flexibility index (Phi) is 2.80. The number of nitrogens with zero attached hydrogens (tertiary/aromatic N) is 1. The summed E-state index contributed by atoms with van der Waals surface area (Å²) >= 11 is 11.4. The average molecular weight is 201 g/mol. The standard InChI is InChI=1S/C8H6Cl2N2/c9-6-2-1-5(3-4-11)8(12)7(6)10/h1-2H,3,12H2. The van der Waals surface area contributed by atoms with Crippen LogP contribution in [0.2, 0.25) is 10.0 Å². The van der Waals surface area contributed by atoms with E-state index < -0.39 is 0 Å². The van der Waals surface area contributed by atoms with Gasteiger partial charge in [0.2, 0.25) is 0 Å². The van der Waals surface area contributed by atoms with Gasteiger partial charge in [0.25, 0.3) is 0 Å². The van der Waals surface area contributed by atoms with E-state index in [0.717, 1.165) is 0 Å². The highest BCUT2D eigenvalue weighted by Gasteiger charge is 2.06. The number of hydrogen-bond donors (Lipinski definition) is 1. The SMILES string of the molecule is N#CCc1ccc(Cl)c(Cl)c1N. The molecule has 0 aliphatic heterocycles. The number of nitriles is 1. The van der Waals surface area contributed by atoms with Crippen molar-refractivity contribution in [1.29, 1.82) is 5.26 Å². The van der Waals surface area contributed by atoms with Crippen molar-refractivity contribution < 1.29 is 0 Å². The fraction of sp³-hybridized carbons (Fsp3) is 0.125. The molecule has 0 spiro atoms. The topological polar surface area (TPSA) is 49.8 Å². The van der Waals surface area contributed by atoms with Gasteiger partial charge in [-0.05, 0) is 11.6 Å². The maximum absolute atomic E-state index is 8.42. The highest BCUT2D eigenvalue weighted by atomic mass is 35.5. The lowest BCUT2D eigenvalue weighted by Gasteiger charge is -2.04. The third kappa shape index (κ3) is 1.63. The molecule has 0 aromatic heterocycles. The summed E-state index contributed by atoms with van der Waals surface area (Å²) in [7, 11) is 0. The van der Waals surface area contributed by atoms with E-state index in [4.69, 9.17) is 34.2 Å². The summed E-state index contributed by atoms with van der Waals surface area (Å²) in [6.07, 6.45) is 0.253. The van der Waals surface area contributed by atoms with Crippen molar-refractivity contribution in [2.24, 2.45) is 0 Å². The van der Waals surface area contributed by atoms with Gasteiger partial charge in [-0.2, -0.15) is 5.26 Å². The van der Waals surface area contributed by atoms with Crippen molar-refractivity contribution >= 4 is 28.9 Å². The zero-order valence-corrected chi connectivity index (χ0v) is 7.65. The van der Waals surface area contributed by atoms with Crippen LogP contribution < -0.4 is 5.73 Å². The van der Waals surface area contributed by atoms with E-state index in [1.54, 1.807) is 12.1 Å². The van der Waals surface area contributed by atoms with Gasteiger partial charge in [0.1, 0.15) is 0 Å². The first kappa shape index (κ1) is 9.18. The lowest BCUT2D eigenvalue weighted by molar-refractivity contribution is 1.27. The highest BCUT2D eigenvalue weighted by Crippen LogP contribution is 2.30. The van der Waals surface area contributed by atoms with Gasteiger partial charge in [-0.3, -0.25) is 0 Å². The summed E-state index contributed by atoms with van der Waals surface area (Å²) in [5.41, 5.74) is 6.71. The van der Waals surface area contributed by atoms with E-state index in [1.165, 1.54) is 0 Å². The van der Waals surface area contributed by atoms with Crippen LogP contribution in [-0.2, 0) is 6.42 Å². The molecule has 12 heavy (non-hydrogen) atoms. The summed E-state index contributed by atoms with van der Waals surface area (Å²) in [6.45, 7) is 0. The molecule has 0 amide bonds. The predicted molar refractivity (Wildman–Crippen MR) is 50.2 cm³/mol. The van der Waals surface area contributed by atoms with Crippen LogP contribution >= 0.6 is 23.2 Å². The van der Waals surface area contributed by atoms with Crippen LogP contribution in [0.25, 0.3) is 0 Å². The molecule has 4 heteroatoms. The van der Waals surface area contributed by atoms with Crippen LogP contribution in [0.5, 0.6) is 0 Å². The summed E-state index contributed by atoms with van der Waals surface area (Å²) < 4.78 is 0. The number of nitrogen functional groups attached to an aromatic ring is 1. The molecule has 0 fully saturated rings.